The third kappa shape index (κ3) is 2.85. The van der Waals surface area contributed by atoms with Crippen LogP contribution in [0.3, 0.4) is 0 Å². The number of rotatable bonds is 4. The van der Waals surface area contributed by atoms with Crippen LogP contribution >= 0.6 is 10.5 Å². The Morgan fingerprint density at radius 2 is 2.05 bits per heavy atom. The summed E-state index contributed by atoms with van der Waals surface area (Å²) in [6.07, 6.45) is 1.88. The molecule has 104 valence electrons. The van der Waals surface area contributed by atoms with Gasteiger partial charge in [-0.3, -0.25) is 4.79 Å². The summed E-state index contributed by atoms with van der Waals surface area (Å²) in [5, 5.41) is 0.502. The molecule has 0 spiro atoms. The van der Waals surface area contributed by atoms with Crippen LogP contribution in [0.25, 0.3) is 11.3 Å². The van der Waals surface area contributed by atoms with E-state index < -0.39 is 16.4 Å². The third-order valence-corrected chi connectivity index (χ3v) is 3.46. The number of carbonyl (C=O) groups is 1. The van der Waals surface area contributed by atoms with E-state index in [1.807, 2.05) is 30.5 Å². The van der Waals surface area contributed by atoms with Gasteiger partial charge in [0.2, 0.25) is 0 Å². The highest BCUT2D eigenvalue weighted by Crippen LogP contribution is 2.30. The minimum atomic E-state index is -0.588. The Labute approximate surface area is 119 Å². The van der Waals surface area contributed by atoms with Crippen LogP contribution in [0.2, 0.25) is 0 Å². The molecule has 1 aromatic heterocycles. The van der Waals surface area contributed by atoms with Crippen LogP contribution in [0, 0.1) is 0 Å². The van der Waals surface area contributed by atoms with Crippen LogP contribution in [0.5, 0.6) is 5.75 Å². The number of amides is 1. The first-order valence-electron chi connectivity index (χ1n) is 5.81. The van der Waals surface area contributed by atoms with E-state index in [-0.39, 0.29) is 5.69 Å². The van der Waals surface area contributed by atoms with Gasteiger partial charge in [0.05, 0.1) is 12.8 Å². The molecule has 1 aromatic carbocycles. The van der Waals surface area contributed by atoms with Gasteiger partial charge in [0.25, 0.3) is 5.91 Å². The molecule has 1 atom stereocenters. The summed E-state index contributed by atoms with van der Waals surface area (Å²) in [4.78, 5) is 20.0. The number of nitrogens with two attached hydrogens (primary N) is 1. The van der Waals surface area contributed by atoms with Crippen molar-refractivity contribution in [3.8, 4) is 17.0 Å². The first-order valence-corrected chi connectivity index (χ1v) is 7.61. The van der Waals surface area contributed by atoms with E-state index in [0.29, 0.717) is 16.6 Å². The SMILES string of the molecule is C=S(C)c1nc(C(N)=O)cc(-c2ccccc2OC)n1. The van der Waals surface area contributed by atoms with Crippen molar-refractivity contribution in [1.29, 1.82) is 0 Å². The molecule has 0 saturated carbocycles. The molecular weight excluding hydrogens is 274 g/mol. The van der Waals surface area contributed by atoms with Crippen LogP contribution in [-0.4, -0.2) is 35.1 Å². The Morgan fingerprint density at radius 3 is 2.65 bits per heavy atom. The van der Waals surface area contributed by atoms with Crippen LogP contribution < -0.4 is 10.5 Å². The summed E-state index contributed by atoms with van der Waals surface area (Å²) in [7, 11) is 1.17. The second-order valence-electron chi connectivity index (χ2n) is 4.12. The zero-order chi connectivity index (χ0) is 14.7. The summed E-state index contributed by atoms with van der Waals surface area (Å²) in [6.45, 7) is 0. The molecule has 6 heteroatoms. The Morgan fingerprint density at radius 1 is 1.35 bits per heavy atom. The largest absolute Gasteiger partial charge is 0.496 e. The lowest BCUT2D eigenvalue weighted by molar-refractivity contribution is 0.0994. The molecule has 0 aliphatic carbocycles. The number of methoxy groups -OCH3 is 1. The predicted octanol–water partition coefficient (Wildman–Crippen LogP) is 1.94. The topological polar surface area (TPSA) is 78.1 Å². The molecule has 1 amide bonds. The van der Waals surface area contributed by atoms with Crippen molar-refractivity contribution in [2.75, 3.05) is 13.4 Å². The lowest BCUT2D eigenvalue weighted by atomic mass is 10.1. The Bertz CT molecular complexity index is 654. The molecule has 1 heterocycles. The van der Waals surface area contributed by atoms with Gasteiger partial charge in [-0.25, -0.2) is 9.97 Å². The number of aromatic nitrogens is 2. The van der Waals surface area contributed by atoms with E-state index in [0.717, 1.165) is 5.56 Å². The zero-order valence-electron chi connectivity index (χ0n) is 11.3. The molecule has 1 unspecified atom stereocenters. The second-order valence-corrected chi connectivity index (χ2v) is 5.76. The first-order chi connectivity index (χ1) is 9.52. The zero-order valence-corrected chi connectivity index (χ0v) is 12.1. The number of hydrogen-bond donors (Lipinski definition) is 1. The molecule has 0 bridgehead atoms. The van der Waals surface area contributed by atoms with E-state index in [9.17, 15) is 4.79 Å². The summed E-state index contributed by atoms with van der Waals surface area (Å²) < 4.78 is 5.31. The van der Waals surface area contributed by atoms with Crippen LogP contribution in [-0.2, 0) is 0 Å². The average Bonchev–Trinajstić information content (AvgIpc) is 2.46. The number of nitrogens with zero attached hydrogens (tertiary/aromatic N) is 2. The van der Waals surface area contributed by atoms with Crippen molar-refractivity contribution >= 4 is 22.3 Å². The lowest BCUT2D eigenvalue weighted by Crippen LogP contribution is -2.14. The fourth-order valence-corrected chi connectivity index (χ4v) is 2.21. The van der Waals surface area contributed by atoms with E-state index in [4.69, 9.17) is 10.5 Å². The number of carbonyl (C=O) groups excluding carboxylic acids is 1. The van der Waals surface area contributed by atoms with Crippen LogP contribution in [0.1, 0.15) is 10.5 Å². The normalized spacial score (nSPS) is 11.9. The highest BCUT2D eigenvalue weighted by Gasteiger charge is 2.13. The van der Waals surface area contributed by atoms with Gasteiger partial charge in [-0.15, -0.1) is 10.5 Å². The maximum atomic E-state index is 11.4. The number of para-hydroxylation sites is 1. The summed E-state index contributed by atoms with van der Waals surface area (Å²) in [5.74, 6) is 3.99. The lowest BCUT2D eigenvalue weighted by Gasteiger charge is -2.10. The Kier molecular flexibility index (Phi) is 4.14. The predicted molar refractivity (Wildman–Crippen MR) is 81.4 cm³/mol. The molecule has 0 radical (unpaired) electrons. The van der Waals surface area contributed by atoms with Gasteiger partial charge in [-0.05, 0) is 24.5 Å². The van der Waals surface area contributed by atoms with Crippen molar-refractivity contribution in [2.24, 2.45) is 5.73 Å². The third-order valence-electron chi connectivity index (χ3n) is 2.65. The molecule has 0 aliphatic heterocycles. The highest BCUT2D eigenvalue weighted by molar-refractivity contribution is 8.13. The Balaban J connectivity index is 2.67. The molecule has 2 rings (SSSR count). The summed E-state index contributed by atoms with van der Waals surface area (Å²) >= 11 is 0. The summed E-state index contributed by atoms with van der Waals surface area (Å²) in [6, 6.07) is 9.00. The monoisotopic (exact) mass is 289 g/mol. The van der Waals surface area contributed by atoms with E-state index in [1.165, 1.54) is 0 Å². The van der Waals surface area contributed by atoms with Crippen LogP contribution in [0.15, 0.2) is 35.5 Å². The van der Waals surface area contributed by atoms with Gasteiger partial charge in [0.1, 0.15) is 11.4 Å². The van der Waals surface area contributed by atoms with Gasteiger partial charge >= 0.3 is 0 Å². The number of primary amides is 1. The van der Waals surface area contributed by atoms with Crippen molar-refractivity contribution in [2.45, 2.75) is 5.16 Å². The molecule has 0 fully saturated rings. The second kappa shape index (κ2) is 5.83. The van der Waals surface area contributed by atoms with E-state index in [1.54, 1.807) is 13.2 Å². The molecule has 2 aromatic rings. The van der Waals surface area contributed by atoms with Crippen molar-refractivity contribution in [1.82, 2.24) is 9.97 Å². The van der Waals surface area contributed by atoms with Crippen molar-refractivity contribution in [3.63, 3.8) is 0 Å². The van der Waals surface area contributed by atoms with Crippen LogP contribution in [0.4, 0.5) is 0 Å². The fraction of sp³-hybridized carbons (Fsp3) is 0.143. The fourth-order valence-electron chi connectivity index (χ4n) is 1.70. The van der Waals surface area contributed by atoms with Gasteiger partial charge in [-0.1, -0.05) is 18.0 Å². The minimum absolute atomic E-state index is 0.180. The molecular formula is C14H15N3O2S. The molecule has 0 saturated heterocycles. The smallest absolute Gasteiger partial charge is 0.267 e. The van der Waals surface area contributed by atoms with Crippen molar-refractivity contribution < 1.29 is 9.53 Å². The average molecular weight is 289 g/mol. The van der Waals surface area contributed by atoms with E-state index in [2.05, 4.69) is 15.8 Å². The maximum Gasteiger partial charge on any atom is 0.267 e. The standard InChI is InChI=1S/C14H15N3O2S/c1-19-12-7-5-4-6-9(12)10-8-11(13(15)18)17-14(16-10)20(2)3/h4-8H,2H2,1,3H3,(H2,15,18). The van der Waals surface area contributed by atoms with E-state index >= 15 is 0 Å². The van der Waals surface area contributed by atoms with Gasteiger partial charge in [-0.2, -0.15) is 0 Å². The molecule has 2 N–H and O–H groups in total. The van der Waals surface area contributed by atoms with Gasteiger partial charge in [0, 0.05) is 5.56 Å². The molecule has 20 heavy (non-hydrogen) atoms. The number of hydrogen-bond acceptors (Lipinski definition) is 4. The maximum absolute atomic E-state index is 11.4. The molecule has 5 nitrogen and oxygen atoms in total. The minimum Gasteiger partial charge on any atom is -0.496 e. The number of ether oxygens (including phenoxy) is 1. The summed E-state index contributed by atoms with van der Waals surface area (Å²) in [5.41, 5.74) is 6.89. The van der Waals surface area contributed by atoms with Gasteiger partial charge in [0.15, 0.2) is 5.16 Å². The number of benzene rings is 1. The quantitative estimate of drug-likeness (QED) is 0.689. The highest BCUT2D eigenvalue weighted by atomic mass is 32.2. The van der Waals surface area contributed by atoms with Gasteiger partial charge < -0.3 is 10.5 Å². The Hall–Kier alpha value is -2.21. The van der Waals surface area contributed by atoms with Crippen molar-refractivity contribution in [3.05, 3.63) is 36.0 Å². The molecule has 0 aliphatic rings. The first kappa shape index (κ1) is 14.2.